The Hall–Kier alpha value is -1.88. The van der Waals surface area contributed by atoms with Gasteiger partial charge in [-0.3, -0.25) is 14.5 Å². The van der Waals surface area contributed by atoms with E-state index in [1.807, 2.05) is 18.2 Å². The van der Waals surface area contributed by atoms with Gasteiger partial charge in [-0.2, -0.15) is 0 Å². The number of rotatable bonds is 6. The number of carbonyl (C=O) groups is 2. The molecule has 1 N–H and O–H groups in total. The quantitative estimate of drug-likeness (QED) is 0.828. The smallest absolute Gasteiger partial charge is 0.312 e. The molecule has 1 aromatic carbocycles. The number of amides is 1. The highest BCUT2D eigenvalue weighted by molar-refractivity contribution is 5.78. The van der Waals surface area contributed by atoms with Crippen molar-refractivity contribution in [3.8, 4) is 0 Å². The Balaban J connectivity index is 2.70. The second-order valence-electron chi connectivity index (χ2n) is 4.79. The largest absolute Gasteiger partial charge is 0.481 e. The molecule has 0 spiro atoms. The standard InChI is InChI=1S/C14H20N2O3/c1-15(2)13(17)10-16(3)9-12(14(18)19)11-7-5-4-6-8-11/h4-8,12H,9-10H2,1-3H3,(H,18,19). The van der Waals surface area contributed by atoms with Crippen LogP contribution in [0.1, 0.15) is 11.5 Å². The predicted molar refractivity (Wildman–Crippen MR) is 73.0 cm³/mol. The molecule has 0 radical (unpaired) electrons. The van der Waals surface area contributed by atoms with E-state index in [9.17, 15) is 14.7 Å². The molecular weight excluding hydrogens is 244 g/mol. The molecule has 5 heteroatoms. The van der Waals surface area contributed by atoms with Crippen molar-refractivity contribution in [1.82, 2.24) is 9.80 Å². The van der Waals surface area contributed by atoms with E-state index in [2.05, 4.69) is 0 Å². The summed E-state index contributed by atoms with van der Waals surface area (Å²) in [4.78, 5) is 26.1. The van der Waals surface area contributed by atoms with Crippen LogP contribution in [0.3, 0.4) is 0 Å². The molecule has 1 rings (SSSR count). The summed E-state index contributed by atoms with van der Waals surface area (Å²) in [6.07, 6.45) is 0. The predicted octanol–water partition coefficient (Wildman–Crippen LogP) is 0.875. The Morgan fingerprint density at radius 1 is 1.16 bits per heavy atom. The van der Waals surface area contributed by atoms with E-state index in [4.69, 9.17) is 0 Å². The van der Waals surface area contributed by atoms with Gasteiger partial charge in [-0.15, -0.1) is 0 Å². The number of benzene rings is 1. The van der Waals surface area contributed by atoms with Crippen LogP contribution in [-0.2, 0) is 9.59 Å². The first-order valence-corrected chi connectivity index (χ1v) is 6.08. The first kappa shape index (κ1) is 15.2. The van der Waals surface area contributed by atoms with E-state index >= 15 is 0 Å². The van der Waals surface area contributed by atoms with E-state index < -0.39 is 11.9 Å². The summed E-state index contributed by atoms with van der Waals surface area (Å²) in [6, 6.07) is 9.06. The zero-order valence-electron chi connectivity index (χ0n) is 11.5. The lowest BCUT2D eigenvalue weighted by Gasteiger charge is -2.22. The first-order valence-electron chi connectivity index (χ1n) is 6.08. The number of hydrogen-bond acceptors (Lipinski definition) is 3. The lowest BCUT2D eigenvalue weighted by molar-refractivity contribution is -0.140. The fourth-order valence-electron chi connectivity index (χ4n) is 1.76. The van der Waals surface area contributed by atoms with Crippen LogP contribution in [-0.4, -0.2) is 61.0 Å². The fourth-order valence-corrected chi connectivity index (χ4v) is 1.76. The molecular formula is C14H20N2O3. The third-order valence-electron chi connectivity index (χ3n) is 2.90. The molecule has 5 nitrogen and oxygen atoms in total. The van der Waals surface area contributed by atoms with Gasteiger partial charge < -0.3 is 10.0 Å². The van der Waals surface area contributed by atoms with Gasteiger partial charge in [0.1, 0.15) is 0 Å². The van der Waals surface area contributed by atoms with E-state index in [1.165, 1.54) is 4.90 Å². The molecule has 0 saturated heterocycles. The maximum absolute atomic E-state index is 11.6. The van der Waals surface area contributed by atoms with Gasteiger partial charge in [0.2, 0.25) is 5.91 Å². The highest BCUT2D eigenvalue weighted by atomic mass is 16.4. The molecule has 19 heavy (non-hydrogen) atoms. The molecule has 0 aromatic heterocycles. The van der Waals surface area contributed by atoms with Crippen LogP contribution in [0, 0.1) is 0 Å². The summed E-state index contributed by atoms with van der Waals surface area (Å²) in [7, 11) is 5.12. The highest BCUT2D eigenvalue weighted by Gasteiger charge is 2.22. The zero-order valence-corrected chi connectivity index (χ0v) is 11.5. The zero-order chi connectivity index (χ0) is 14.4. The molecule has 104 valence electrons. The molecule has 1 atom stereocenters. The Bertz CT molecular complexity index is 432. The van der Waals surface area contributed by atoms with Crippen molar-refractivity contribution in [3.05, 3.63) is 35.9 Å². The second-order valence-corrected chi connectivity index (χ2v) is 4.79. The lowest BCUT2D eigenvalue weighted by Crippen LogP contribution is -2.37. The molecule has 0 aliphatic rings. The van der Waals surface area contributed by atoms with Gasteiger partial charge in [-0.05, 0) is 12.6 Å². The van der Waals surface area contributed by atoms with Gasteiger partial charge in [0.25, 0.3) is 0 Å². The Kier molecular flexibility index (Phi) is 5.51. The fraction of sp³-hybridized carbons (Fsp3) is 0.429. The van der Waals surface area contributed by atoms with Crippen LogP contribution >= 0.6 is 0 Å². The van der Waals surface area contributed by atoms with Gasteiger partial charge in [0.15, 0.2) is 0 Å². The molecule has 0 fully saturated rings. The number of hydrogen-bond donors (Lipinski definition) is 1. The third kappa shape index (κ3) is 4.71. The topological polar surface area (TPSA) is 60.9 Å². The average Bonchev–Trinajstić information content (AvgIpc) is 2.36. The van der Waals surface area contributed by atoms with Crippen LogP contribution in [0.2, 0.25) is 0 Å². The third-order valence-corrected chi connectivity index (χ3v) is 2.90. The number of carboxylic acids is 1. The van der Waals surface area contributed by atoms with Crippen LogP contribution in [0.25, 0.3) is 0 Å². The van der Waals surface area contributed by atoms with Gasteiger partial charge in [-0.25, -0.2) is 0 Å². The van der Waals surface area contributed by atoms with Crippen LogP contribution < -0.4 is 0 Å². The van der Waals surface area contributed by atoms with Crippen molar-refractivity contribution in [1.29, 1.82) is 0 Å². The van der Waals surface area contributed by atoms with E-state index in [0.29, 0.717) is 6.54 Å². The van der Waals surface area contributed by atoms with Gasteiger partial charge in [0, 0.05) is 20.6 Å². The Morgan fingerprint density at radius 3 is 2.21 bits per heavy atom. The summed E-state index contributed by atoms with van der Waals surface area (Å²) in [5.41, 5.74) is 0.749. The Morgan fingerprint density at radius 2 is 1.74 bits per heavy atom. The summed E-state index contributed by atoms with van der Waals surface area (Å²) in [5.74, 6) is -1.55. The monoisotopic (exact) mass is 264 g/mol. The minimum Gasteiger partial charge on any atom is -0.481 e. The van der Waals surface area contributed by atoms with Crippen molar-refractivity contribution in [3.63, 3.8) is 0 Å². The van der Waals surface area contributed by atoms with Crippen molar-refractivity contribution in [2.24, 2.45) is 0 Å². The maximum Gasteiger partial charge on any atom is 0.312 e. The summed E-state index contributed by atoms with van der Waals surface area (Å²) >= 11 is 0. The van der Waals surface area contributed by atoms with Crippen molar-refractivity contribution >= 4 is 11.9 Å². The summed E-state index contributed by atoms with van der Waals surface area (Å²) < 4.78 is 0. The molecule has 0 bridgehead atoms. The molecule has 1 amide bonds. The van der Waals surface area contributed by atoms with Gasteiger partial charge in [0.05, 0.1) is 12.5 Å². The minimum atomic E-state index is -0.879. The SMILES string of the molecule is CN(CC(=O)N(C)C)CC(C(=O)O)c1ccccc1. The molecule has 0 aliphatic heterocycles. The molecule has 0 saturated carbocycles. The minimum absolute atomic E-state index is 0.0419. The highest BCUT2D eigenvalue weighted by Crippen LogP contribution is 2.16. The normalized spacial score (nSPS) is 12.2. The molecule has 0 aliphatic carbocycles. The van der Waals surface area contributed by atoms with E-state index in [-0.39, 0.29) is 12.5 Å². The van der Waals surface area contributed by atoms with Crippen LogP contribution in [0.15, 0.2) is 30.3 Å². The van der Waals surface area contributed by atoms with Crippen LogP contribution in [0.4, 0.5) is 0 Å². The summed E-state index contributed by atoms with van der Waals surface area (Å²) in [5, 5.41) is 9.30. The molecule has 1 aromatic rings. The second kappa shape index (κ2) is 6.89. The van der Waals surface area contributed by atoms with Gasteiger partial charge >= 0.3 is 5.97 Å². The number of aliphatic carboxylic acids is 1. The van der Waals surface area contributed by atoms with Crippen molar-refractivity contribution in [2.45, 2.75) is 5.92 Å². The van der Waals surface area contributed by atoms with E-state index in [0.717, 1.165) is 5.56 Å². The lowest BCUT2D eigenvalue weighted by atomic mass is 9.99. The first-order chi connectivity index (χ1) is 8.91. The average molecular weight is 264 g/mol. The number of carbonyl (C=O) groups excluding carboxylic acids is 1. The number of carboxylic acid groups (broad SMARTS) is 1. The van der Waals surface area contributed by atoms with Crippen molar-refractivity contribution < 1.29 is 14.7 Å². The number of likely N-dealkylation sites (N-methyl/N-ethyl adjacent to an activating group) is 2. The van der Waals surface area contributed by atoms with Crippen molar-refractivity contribution in [2.75, 3.05) is 34.2 Å². The summed E-state index contributed by atoms with van der Waals surface area (Å²) in [6.45, 7) is 0.516. The van der Waals surface area contributed by atoms with Gasteiger partial charge in [-0.1, -0.05) is 30.3 Å². The maximum atomic E-state index is 11.6. The van der Waals surface area contributed by atoms with Crippen LogP contribution in [0.5, 0.6) is 0 Å². The molecule has 0 heterocycles. The number of nitrogens with zero attached hydrogens (tertiary/aromatic N) is 2. The Labute approximate surface area is 113 Å². The molecule has 1 unspecified atom stereocenters. The van der Waals surface area contributed by atoms with E-state index in [1.54, 1.807) is 38.2 Å².